The van der Waals surface area contributed by atoms with E-state index < -0.39 is 0 Å². The molecule has 2 heteroatoms. The Labute approximate surface area is 312 Å². The second-order valence-electron chi connectivity index (χ2n) is 14.5. The topological polar surface area (TPSA) is 9.86 Å². The lowest BCUT2D eigenvalue weighted by molar-refractivity contribution is 1.18. The second-order valence-corrected chi connectivity index (χ2v) is 14.5. The molecule has 0 amide bonds. The van der Waals surface area contributed by atoms with E-state index in [1.165, 1.54) is 105 Å². The van der Waals surface area contributed by atoms with Crippen LogP contribution >= 0.6 is 0 Å². The first-order chi connectivity index (χ1) is 26.8. The van der Waals surface area contributed by atoms with Crippen LogP contribution in [0.3, 0.4) is 0 Å². The molecule has 12 rings (SSSR count). The average Bonchev–Trinajstić information content (AvgIpc) is 3.87. The Morgan fingerprint density at radius 3 is 1.43 bits per heavy atom. The highest BCUT2D eigenvalue weighted by atomic mass is 15.0. The first-order valence-corrected chi connectivity index (χ1v) is 18.7. The van der Waals surface area contributed by atoms with Crippen molar-refractivity contribution < 1.29 is 0 Å². The maximum atomic E-state index is 2.46. The highest BCUT2D eigenvalue weighted by Crippen LogP contribution is 2.48. The molecule has 0 unspecified atom stereocenters. The quantitative estimate of drug-likeness (QED) is 0.175. The van der Waals surface area contributed by atoms with Crippen LogP contribution in [-0.4, -0.2) is 9.13 Å². The Bertz CT molecular complexity index is 3310. The van der Waals surface area contributed by atoms with Gasteiger partial charge in [-0.25, -0.2) is 0 Å². The molecule has 0 fully saturated rings. The highest BCUT2D eigenvalue weighted by molar-refractivity contribution is 6.17. The molecule has 250 valence electrons. The third-order valence-electron chi connectivity index (χ3n) is 11.6. The summed E-state index contributed by atoms with van der Waals surface area (Å²) >= 11 is 0. The Balaban J connectivity index is 1.01. The highest BCUT2D eigenvalue weighted by Gasteiger charge is 2.23. The van der Waals surface area contributed by atoms with Crippen molar-refractivity contribution in [2.45, 2.75) is 0 Å². The van der Waals surface area contributed by atoms with Crippen LogP contribution in [0.5, 0.6) is 0 Å². The number of nitrogens with zero attached hydrogens (tertiary/aromatic N) is 2. The molecular weight excluding hydrogens is 653 g/mol. The zero-order chi connectivity index (χ0) is 35.3. The smallest absolute Gasteiger partial charge is 0.0541 e. The van der Waals surface area contributed by atoms with Crippen LogP contribution in [0.2, 0.25) is 0 Å². The molecule has 1 aliphatic rings. The fourth-order valence-corrected chi connectivity index (χ4v) is 9.23. The summed E-state index contributed by atoms with van der Waals surface area (Å²) in [5.74, 6) is 0. The SMILES string of the molecule is c1ccc(-c2ccc(-n3c4ccccc4c4cc(-c5ccc6c(c5)c5ccccc5n6-c5cc6c7c(cccc7c5)-c5ccccc5-6)ccc43)cc2)cc1. The molecule has 0 aliphatic heterocycles. The predicted molar refractivity (Wildman–Crippen MR) is 228 cm³/mol. The van der Waals surface area contributed by atoms with Crippen LogP contribution in [0.1, 0.15) is 0 Å². The number of para-hydroxylation sites is 2. The number of hydrogen-bond donors (Lipinski definition) is 0. The van der Waals surface area contributed by atoms with Crippen molar-refractivity contribution >= 4 is 54.4 Å². The van der Waals surface area contributed by atoms with Gasteiger partial charge in [0.05, 0.1) is 22.1 Å². The molecule has 0 spiro atoms. The maximum Gasteiger partial charge on any atom is 0.0541 e. The van der Waals surface area contributed by atoms with Crippen molar-refractivity contribution in [1.82, 2.24) is 9.13 Å². The molecule has 0 N–H and O–H groups in total. The van der Waals surface area contributed by atoms with Crippen LogP contribution in [0.4, 0.5) is 0 Å². The molecule has 2 aromatic heterocycles. The molecule has 9 aromatic carbocycles. The van der Waals surface area contributed by atoms with Crippen LogP contribution in [0.15, 0.2) is 194 Å². The third kappa shape index (κ3) is 4.17. The Hall–Kier alpha value is -7.16. The minimum Gasteiger partial charge on any atom is -0.309 e. The first kappa shape index (κ1) is 29.4. The zero-order valence-electron chi connectivity index (χ0n) is 29.4. The van der Waals surface area contributed by atoms with Gasteiger partial charge in [0.15, 0.2) is 0 Å². The van der Waals surface area contributed by atoms with Crippen LogP contribution in [-0.2, 0) is 0 Å². The van der Waals surface area contributed by atoms with E-state index in [0.29, 0.717) is 0 Å². The van der Waals surface area contributed by atoms with Crippen LogP contribution < -0.4 is 0 Å². The van der Waals surface area contributed by atoms with Gasteiger partial charge < -0.3 is 9.13 Å². The lowest BCUT2D eigenvalue weighted by atomic mass is 10.0. The Kier molecular flexibility index (Phi) is 6.09. The predicted octanol–water partition coefficient (Wildman–Crippen LogP) is 14.0. The molecule has 54 heavy (non-hydrogen) atoms. The summed E-state index contributed by atoms with van der Waals surface area (Å²) in [6, 6.07) is 71.4. The maximum absolute atomic E-state index is 2.46. The summed E-state index contributed by atoms with van der Waals surface area (Å²) in [5.41, 5.74) is 17.4. The Morgan fingerprint density at radius 1 is 0.259 bits per heavy atom. The summed E-state index contributed by atoms with van der Waals surface area (Å²) in [6.07, 6.45) is 0. The van der Waals surface area contributed by atoms with Crippen molar-refractivity contribution in [3.63, 3.8) is 0 Å². The standard InChI is InChI=1S/C52H32N2/c1-2-11-33(12-3-1)34-21-25-38(26-22-34)53-48-19-8-6-16-42(48)45-30-35(23-27-50(45)53)36-24-28-51-46(31-36)43-17-7-9-20-49(43)54(51)39-29-37-13-10-18-44-40-14-4-5-15-41(40)47(32-39)52(37)44/h1-32H. The van der Waals surface area contributed by atoms with Gasteiger partial charge in [-0.2, -0.15) is 0 Å². The molecule has 1 aliphatic carbocycles. The zero-order valence-corrected chi connectivity index (χ0v) is 29.4. The number of aromatic nitrogens is 2. The van der Waals surface area contributed by atoms with Crippen molar-refractivity contribution in [3.05, 3.63) is 194 Å². The fraction of sp³-hybridized carbons (Fsp3) is 0. The van der Waals surface area contributed by atoms with Crippen molar-refractivity contribution in [3.8, 4) is 55.9 Å². The van der Waals surface area contributed by atoms with Crippen molar-refractivity contribution in [2.75, 3.05) is 0 Å². The summed E-state index contributed by atoms with van der Waals surface area (Å²) in [5, 5.41) is 7.66. The van der Waals surface area contributed by atoms with Gasteiger partial charge in [0.1, 0.15) is 0 Å². The van der Waals surface area contributed by atoms with Gasteiger partial charge in [-0.3, -0.25) is 0 Å². The molecular formula is C52H32N2. The van der Waals surface area contributed by atoms with E-state index in [4.69, 9.17) is 0 Å². The molecule has 0 radical (unpaired) electrons. The lowest BCUT2D eigenvalue weighted by Gasteiger charge is -2.12. The normalized spacial score (nSPS) is 12.1. The van der Waals surface area contributed by atoms with Gasteiger partial charge in [0.25, 0.3) is 0 Å². The van der Waals surface area contributed by atoms with Crippen molar-refractivity contribution in [1.29, 1.82) is 0 Å². The molecule has 2 heterocycles. The van der Waals surface area contributed by atoms with E-state index in [-0.39, 0.29) is 0 Å². The largest absolute Gasteiger partial charge is 0.309 e. The van der Waals surface area contributed by atoms with Crippen molar-refractivity contribution in [2.24, 2.45) is 0 Å². The molecule has 11 aromatic rings. The molecule has 0 saturated heterocycles. The van der Waals surface area contributed by atoms with E-state index >= 15 is 0 Å². The summed E-state index contributed by atoms with van der Waals surface area (Å²) in [6.45, 7) is 0. The van der Waals surface area contributed by atoms with Crippen LogP contribution in [0, 0.1) is 0 Å². The van der Waals surface area contributed by atoms with Gasteiger partial charge in [-0.15, -0.1) is 0 Å². The summed E-state index contributed by atoms with van der Waals surface area (Å²) in [7, 11) is 0. The number of hydrogen-bond acceptors (Lipinski definition) is 0. The summed E-state index contributed by atoms with van der Waals surface area (Å²) < 4.78 is 4.86. The molecule has 0 atom stereocenters. The summed E-state index contributed by atoms with van der Waals surface area (Å²) in [4.78, 5) is 0. The average molecular weight is 685 g/mol. The molecule has 0 saturated carbocycles. The van der Waals surface area contributed by atoms with Crippen LogP contribution in [0.25, 0.3) is 110 Å². The fourth-order valence-electron chi connectivity index (χ4n) is 9.23. The van der Waals surface area contributed by atoms with Gasteiger partial charge in [-0.05, 0) is 116 Å². The van der Waals surface area contributed by atoms with E-state index in [1.807, 2.05) is 0 Å². The number of benzene rings is 9. The van der Waals surface area contributed by atoms with Gasteiger partial charge in [0, 0.05) is 32.9 Å². The lowest BCUT2D eigenvalue weighted by Crippen LogP contribution is -1.95. The van der Waals surface area contributed by atoms with Gasteiger partial charge >= 0.3 is 0 Å². The monoisotopic (exact) mass is 684 g/mol. The number of fused-ring (bicyclic) bond motifs is 9. The van der Waals surface area contributed by atoms with Gasteiger partial charge in [0.2, 0.25) is 0 Å². The first-order valence-electron chi connectivity index (χ1n) is 18.7. The van der Waals surface area contributed by atoms with E-state index in [2.05, 4.69) is 203 Å². The second kappa shape index (κ2) is 11.2. The molecule has 2 nitrogen and oxygen atoms in total. The third-order valence-corrected chi connectivity index (χ3v) is 11.6. The van der Waals surface area contributed by atoms with Gasteiger partial charge in [-0.1, -0.05) is 133 Å². The van der Waals surface area contributed by atoms with E-state index in [9.17, 15) is 0 Å². The van der Waals surface area contributed by atoms with E-state index in [1.54, 1.807) is 0 Å². The minimum atomic E-state index is 1.16. The Morgan fingerprint density at radius 2 is 0.759 bits per heavy atom. The minimum absolute atomic E-state index is 1.16. The van der Waals surface area contributed by atoms with E-state index in [0.717, 1.165) is 5.69 Å². The molecule has 0 bridgehead atoms. The number of rotatable bonds is 4.